The summed E-state index contributed by atoms with van der Waals surface area (Å²) in [7, 11) is 0. The normalized spacial score (nSPS) is 22.2. The highest BCUT2D eigenvalue weighted by Crippen LogP contribution is 2.22. The van der Waals surface area contributed by atoms with Gasteiger partial charge in [-0.2, -0.15) is 0 Å². The molecule has 0 radical (unpaired) electrons. The van der Waals surface area contributed by atoms with Crippen molar-refractivity contribution in [1.82, 2.24) is 10.2 Å². The van der Waals surface area contributed by atoms with Crippen LogP contribution in [-0.2, 0) is 0 Å². The summed E-state index contributed by atoms with van der Waals surface area (Å²) in [6.45, 7) is 6.90. The summed E-state index contributed by atoms with van der Waals surface area (Å²) in [5.41, 5.74) is 1.45. The predicted octanol–water partition coefficient (Wildman–Crippen LogP) is 2.43. The van der Waals surface area contributed by atoms with E-state index >= 15 is 0 Å². The Morgan fingerprint density at radius 1 is 1.31 bits per heavy atom. The Bertz CT molecular complexity index is 297. The SMILES string of the molecule is CCCCN1CCNCC1c1ccccc1. The van der Waals surface area contributed by atoms with Gasteiger partial charge in [-0.1, -0.05) is 43.7 Å². The van der Waals surface area contributed by atoms with Crippen molar-refractivity contribution < 1.29 is 0 Å². The van der Waals surface area contributed by atoms with Gasteiger partial charge in [-0.3, -0.25) is 4.90 Å². The molecule has 0 bridgehead atoms. The van der Waals surface area contributed by atoms with Gasteiger partial charge in [0.1, 0.15) is 0 Å². The quantitative estimate of drug-likeness (QED) is 0.835. The zero-order chi connectivity index (χ0) is 11.2. The molecular formula is C14H22N2. The zero-order valence-corrected chi connectivity index (χ0v) is 10.2. The lowest BCUT2D eigenvalue weighted by Crippen LogP contribution is -2.46. The van der Waals surface area contributed by atoms with Gasteiger partial charge in [0.05, 0.1) is 0 Å². The standard InChI is InChI=1S/C14H22N2/c1-2-3-10-16-11-9-15-12-14(16)13-7-5-4-6-8-13/h4-8,14-15H,2-3,9-12H2,1H3. The molecule has 1 heterocycles. The van der Waals surface area contributed by atoms with Crippen LogP contribution < -0.4 is 5.32 Å². The second kappa shape index (κ2) is 6.02. The molecule has 2 rings (SSSR count). The first kappa shape index (κ1) is 11.6. The van der Waals surface area contributed by atoms with Gasteiger partial charge in [-0.05, 0) is 18.5 Å². The van der Waals surface area contributed by atoms with Crippen LogP contribution >= 0.6 is 0 Å². The highest BCUT2D eigenvalue weighted by molar-refractivity contribution is 5.20. The molecular weight excluding hydrogens is 196 g/mol. The van der Waals surface area contributed by atoms with Crippen LogP contribution in [0.2, 0.25) is 0 Å². The van der Waals surface area contributed by atoms with Crippen molar-refractivity contribution >= 4 is 0 Å². The molecule has 1 N–H and O–H groups in total. The average Bonchev–Trinajstić information content (AvgIpc) is 2.38. The molecule has 0 saturated carbocycles. The van der Waals surface area contributed by atoms with Crippen molar-refractivity contribution in [2.75, 3.05) is 26.2 Å². The Balaban J connectivity index is 2.04. The van der Waals surface area contributed by atoms with E-state index in [1.807, 2.05) is 0 Å². The lowest BCUT2D eigenvalue weighted by Gasteiger charge is -2.36. The number of hydrogen-bond acceptors (Lipinski definition) is 2. The first-order valence-corrected chi connectivity index (χ1v) is 6.41. The van der Waals surface area contributed by atoms with Crippen molar-refractivity contribution in [2.45, 2.75) is 25.8 Å². The highest BCUT2D eigenvalue weighted by Gasteiger charge is 2.22. The van der Waals surface area contributed by atoms with Crippen molar-refractivity contribution in [2.24, 2.45) is 0 Å². The summed E-state index contributed by atoms with van der Waals surface area (Å²) in [6, 6.07) is 11.4. The molecule has 1 saturated heterocycles. The van der Waals surface area contributed by atoms with Crippen LogP contribution in [0.15, 0.2) is 30.3 Å². The van der Waals surface area contributed by atoms with Gasteiger partial charge in [0.15, 0.2) is 0 Å². The van der Waals surface area contributed by atoms with Crippen LogP contribution in [0, 0.1) is 0 Å². The smallest absolute Gasteiger partial charge is 0.0473 e. The Labute approximate surface area is 98.7 Å². The lowest BCUT2D eigenvalue weighted by atomic mass is 10.0. The van der Waals surface area contributed by atoms with E-state index < -0.39 is 0 Å². The van der Waals surface area contributed by atoms with Crippen LogP contribution in [0.1, 0.15) is 31.4 Å². The molecule has 2 heteroatoms. The molecule has 0 spiro atoms. The largest absolute Gasteiger partial charge is 0.314 e. The molecule has 16 heavy (non-hydrogen) atoms. The summed E-state index contributed by atoms with van der Waals surface area (Å²) < 4.78 is 0. The van der Waals surface area contributed by atoms with Crippen LogP contribution in [0.4, 0.5) is 0 Å². The van der Waals surface area contributed by atoms with Crippen LogP contribution in [-0.4, -0.2) is 31.1 Å². The minimum absolute atomic E-state index is 0.571. The highest BCUT2D eigenvalue weighted by atomic mass is 15.2. The molecule has 0 aliphatic carbocycles. The number of benzene rings is 1. The van der Waals surface area contributed by atoms with Crippen LogP contribution in [0.3, 0.4) is 0 Å². The average molecular weight is 218 g/mol. The first-order valence-electron chi connectivity index (χ1n) is 6.41. The molecule has 0 aromatic heterocycles. The van der Waals surface area contributed by atoms with Gasteiger partial charge >= 0.3 is 0 Å². The monoisotopic (exact) mass is 218 g/mol. The van der Waals surface area contributed by atoms with Gasteiger partial charge in [0.2, 0.25) is 0 Å². The van der Waals surface area contributed by atoms with Crippen molar-refractivity contribution in [3.05, 3.63) is 35.9 Å². The predicted molar refractivity (Wildman–Crippen MR) is 68.5 cm³/mol. The third kappa shape index (κ3) is 2.83. The van der Waals surface area contributed by atoms with E-state index in [0.29, 0.717) is 6.04 Å². The maximum Gasteiger partial charge on any atom is 0.0473 e. The number of piperazine rings is 1. The third-order valence-corrected chi connectivity index (χ3v) is 3.34. The second-order valence-electron chi connectivity index (χ2n) is 4.52. The molecule has 1 aromatic carbocycles. The van der Waals surface area contributed by atoms with E-state index in [9.17, 15) is 0 Å². The summed E-state index contributed by atoms with van der Waals surface area (Å²) in [4.78, 5) is 2.62. The Morgan fingerprint density at radius 3 is 2.88 bits per heavy atom. The van der Waals surface area contributed by atoms with Gasteiger partial charge in [-0.25, -0.2) is 0 Å². The molecule has 2 nitrogen and oxygen atoms in total. The Morgan fingerprint density at radius 2 is 2.12 bits per heavy atom. The van der Waals surface area contributed by atoms with Gasteiger partial charge < -0.3 is 5.32 Å². The minimum Gasteiger partial charge on any atom is -0.314 e. The molecule has 1 aliphatic heterocycles. The number of nitrogens with zero attached hydrogens (tertiary/aromatic N) is 1. The fourth-order valence-corrected chi connectivity index (χ4v) is 2.38. The topological polar surface area (TPSA) is 15.3 Å². The third-order valence-electron chi connectivity index (χ3n) is 3.34. The molecule has 1 atom stereocenters. The summed E-state index contributed by atoms with van der Waals surface area (Å²) >= 11 is 0. The van der Waals surface area contributed by atoms with Crippen LogP contribution in [0.5, 0.6) is 0 Å². The molecule has 0 amide bonds. The zero-order valence-electron chi connectivity index (χ0n) is 10.2. The number of unbranched alkanes of at least 4 members (excludes halogenated alkanes) is 1. The maximum absolute atomic E-state index is 3.50. The van der Waals surface area contributed by atoms with E-state index in [2.05, 4.69) is 47.5 Å². The van der Waals surface area contributed by atoms with Gasteiger partial charge in [0, 0.05) is 25.7 Å². The number of nitrogens with one attached hydrogen (secondary N) is 1. The summed E-state index contributed by atoms with van der Waals surface area (Å²) in [5, 5.41) is 3.50. The van der Waals surface area contributed by atoms with Gasteiger partial charge in [0.25, 0.3) is 0 Å². The van der Waals surface area contributed by atoms with Crippen LogP contribution in [0.25, 0.3) is 0 Å². The molecule has 1 aliphatic rings. The Hall–Kier alpha value is -0.860. The lowest BCUT2D eigenvalue weighted by molar-refractivity contribution is 0.160. The second-order valence-corrected chi connectivity index (χ2v) is 4.52. The molecule has 1 fully saturated rings. The van der Waals surface area contributed by atoms with E-state index in [1.165, 1.54) is 31.5 Å². The van der Waals surface area contributed by atoms with Crippen molar-refractivity contribution in [1.29, 1.82) is 0 Å². The first-order chi connectivity index (χ1) is 7.92. The van der Waals surface area contributed by atoms with Gasteiger partial charge in [-0.15, -0.1) is 0 Å². The van der Waals surface area contributed by atoms with Crippen molar-refractivity contribution in [3.8, 4) is 0 Å². The molecule has 1 unspecified atom stereocenters. The minimum atomic E-state index is 0.571. The maximum atomic E-state index is 3.50. The fourth-order valence-electron chi connectivity index (χ4n) is 2.38. The van der Waals surface area contributed by atoms with E-state index in [-0.39, 0.29) is 0 Å². The number of rotatable bonds is 4. The summed E-state index contributed by atoms with van der Waals surface area (Å²) in [5.74, 6) is 0. The fraction of sp³-hybridized carbons (Fsp3) is 0.571. The van der Waals surface area contributed by atoms with E-state index in [0.717, 1.165) is 13.1 Å². The Kier molecular flexibility index (Phi) is 4.37. The van der Waals surface area contributed by atoms with Crippen molar-refractivity contribution in [3.63, 3.8) is 0 Å². The summed E-state index contributed by atoms with van der Waals surface area (Å²) in [6.07, 6.45) is 2.59. The molecule has 1 aromatic rings. The molecule has 88 valence electrons. The van der Waals surface area contributed by atoms with E-state index in [1.54, 1.807) is 0 Å². The van der Waals surface area contributed by atoms with E-state index in [4.69, 9.17) is 0 Å². The number of hydrogen-bond donors (Lipinski definition) is 1.